The molecular weight excluding hydrogens is 440 g/mol. The first-order chi connectivity index (χ1) is 16.2. The highest BCUT2D eigenvalue weighted by Crippen LogP contribution is 2.35. The summed E-state index contributed by atoms with van der Waals surface area (Å²) in [7, 11) is 0. The molecule has 0 radical (unpaired) electrons. The Bertz CT molecular complexity index is 1290. The molecule has 0 saturated carbocycles. The smallest absolute Gasteiger partial charge is 0.283 e. The van der Waals surface area contributed by atoms with E-state index < -0.39 is 23.8 Å². The fourth-order valence-electron chi connectivity index (χ4n) is 4.55. The fraction of sp³-hybridized carbons (Fsp3) is 0.360. The van der Waals surface area contributed by atoms with E-state index in [1.54, 1.807) is 35.8 Å². The summed E-state index contributed by atoms with van der Waals surface area (Å²) in [5, 5.41) is 9.12. The molecule has 0 spiro atoms. The number of nitrogens with two attached hydrogens (primary N) is 1. The predicted molar refractivity (Wildman–Crippen MR) is 123 cm³/mol. The van der Waals surface area contributed by atoms with Crippen molar-refractivity contribution < 1.29 is 18.4 Å². The molecule has 3 heterocycles. The molecule has 2 aromatic heterocycles. The lowest BCUT2D eigenvalue weighted by atomic mass is 10.0. The van der Waals surface area contributed by atoms with E-state index in [2.05, 4.69) is 9.88 Å². The molecule has 1 saturated heterocycles. The number of rotatable bonds is 7. The summed E-state index contributed by atoms with van der Waals surface area (Å²) in [5.74, 6) is -4.75. The van der Waals surface area contributed by atoms with Crippen molar-refractivity contribution in [3.63, 3.8) is 0 Å². The summed E-state index contributed by atoms with van der Waals surface area (Å²) in [6.45, 7) is 3.67. The Labute approximate surface area is 195 Å². The molecule has 34 heavy (non-hydrogen) atoms. The Kier molecular flexibility index (Phi) is 6.44. The van der Waals surface area contributed by atoms with Gasteiger partial charge in [0.1, 0.15) is 0 Å². The van der Waals surface area contributed by atoms with Gasteiger partial charge in [-0.3, -0.25) is 19.5 Å². The number of likely N-dealkylation sites (tertiary alicyclic amines) is 1. The summed E-state index contributed by atoms with van der Waals surface area (Å²) in [5.41, 5.74) is 7.22. The second-order valence-electron chi connectivity index (χ2n) is 8.65. The van der Waals surface area contributed by atoms with Crippen molar-refractivity contribution in [1.29, 1.82) is 5.26 Å². The van der Waals surface area contributed by atoms with Crippen LogP contribution in [0.2, 0.25) is 0 Å². The maximum atomic E-state index is 14.7. The van der Waals surface area contributed by atoms with Crippen LogP contribution in [-0.4, -0.2) is 45.8 Å². The second-order valence-corrected chi connectivity index (χ2v) is 8.65. The van der Waals surface area contributed by atoms with Gasteiger partial charge in [-0.25, -0.2) is 8.78 Å². The number of alkyl halides is 2. The molecule has 1 aromatic carbocycles. The molecule has 9 heteroatoms. The zero-order chi connectivity index (χ0) is 24.5. The molecule has 0 aliphatic carbocycles. The van der Waals surface area contributed by atoms with Gasteiger partial charge in [0.15, 0.2) is 5.78 Å². The number of nitriles is 1. The molecule has 0 unspecified atom stereocenters. The maximum Gasteiger partial charge on any atom is 0.283 e. The predicted octanol–water partition coefficient (Wildman–Crippen LogP) is 3.84. The SMILES string of the molecule is Cc1c(C(=O)CN2CCCCC2)c2ncc(C(F)(F)CC(N)=O)cc2n1-c1ccc(C#N)cc1. The van der Waals surface area contributed by atoms with E-state index in [1.165, 1.54) is 6.07 Å². The summed E-state index contributed by atoms with van der Waals surface area (Å²) in [6, 6.07) is 9.93. The molecule has 1 aliphatic rings. The molecule has 2 N–H and O–H groups in total. The van der Waals surface area contributed by atoms with Gasteiger partial charge in [-0.2, -0.15) is 5.26 Å². The lowest BCUT2D eigenvalue weighted by molar-refractivity contribution is -0.125. The van der Waals surface area contributed by atoms with Crippen LogP contribution in [0.1, 0.15) is 52.9 Å². The number of hydrogen-bond donors (Lipinski definition) is 1. The van der Waals surface area contributed by atoms with Crippen molar-refractivity contribution >= 4 is 22.7 Å². The number of Topliss-reactive ketones (excluding diaryl/α,β-unsaturated/α-hetero) is 1. The maximum absolute atomic E-state index is 14.7. The summed E-state index contributed by atoms with van der Waals surface area (Å²) in [6.07, 6.45) is 3.08. The third kappa shape index (κ3) is 4.54. The average Bonchev–Trinajstić information content (AvgIpc) is 3.10. The molecule has 1 fully saturated rings. The van der Waals surface area contributed by atoms with Crippen LogP contribution in [0.3, 0.4) is 0 Å². The third-order valence-electron chi connectivity index (χ3n) is 6.21. The minimum Gasteiger partial charge on any atom is -0.369 e. The van der Waals surface area contributed by atoms with Gasteiger partial charge in [0.05, 0.1) is 41.2 Å². The number of benzene rings is 1. The second kappa shape index (κ2) is 9.31. The van der Waals surface area contributed by atoms with Crippen LogP contribution in [0.15, 0.2) is 36.5 Å². The number of carbonyl (C=O) groups excluding carboxylic acids is 2. The first-order valence-corrected chi connectivity index (χ1v) is 11.1. The Balaban J connectivity index is 1.86. The quantitative estimate of drug-likeness (QED) is 0.534. The Morgan fingerprint density at radius 2 is 1.85 bits per heavy atom. The van der Waals surface area contributed by atoms with Crippen LogP contribution in [0.4, 0.5) is 8.78 Å². The van der Waals surface area contributed by atoms with Crippen molar-refractivity contribution in [3.8, 4) is 11.8 Å². The average molecular weight is 466 g/mol. The van der Waals surface area contributed by atoms with Crippen LogP contribution in [0.5, 0.6) is 0 Å². The Morgan fingerprint density at radius 1 is 1.18 bits per heavy atom. The first-order valence-electron chi connectivity index (χ1n) is 11.1. The van der Waals surface area contributed by atoms with Crippen molar-refractivity contribution in [2.24, 2.45) is 5.73 Å². The number of amides is 1. The molecule has 3 aromatic rings. The van der Waals surface area contributed by atoms with Gasteiger partial charge >= 0.3 is 0 Å². The lowest BCUT2D eigenvalue weighted by Crippen LogP contribution is -2.34. The summed E-state index contributed by atoms with van der Waals surface area (Å²) < 4.78 is 31.1. The summed E-state index contributed by atoms with van der Waals surface area (Å²) in [4.78, 5) is 30.9. The standard InChI is InChI=1S/C25H25F2N5O2/c1-16-23(21(33)15-31-9-3-2-4-10-31)24-20(32(16)19-7-5-17(13-28)6-8-19)11-18(14-30-24)25(26,27)12-22(29)34/h5-8,11,14H,2-4,9-10,12,15H2,1H3,(H2,29,34). The van der Waals surface area contributed by atoms with Crippen molar-refractivity contribution in [2.45, 2.75) is 38.5 Å². The summed E-state index contributed by atoms with van der Waals surface area (Å²) >= 11 is 0. The third-order valence-corrected chi connectivity index (χ3v) is 6.21. The number of halogens is 2. The number of pyridine rings is 1. The Hall–Kier alpha value is -3.64. The van der Waals surface area contributed by atoms with E-state index in [-0.39, 0.29) is 12.3 Å². The van der Waals surface area contributed by atoms with Crippen LogP contribution in [-0.2, 0) is 10.7 Å². The zero-order valence-corrected chi connectivity index (χ0v) is 18.9. The molecule has 1 aliphatic heterocycles. The minimum absolute atomic E-state index is 0.124. The molecule has 0 bridgehead atoms. The van der Waals surface area contributed by atoms with E-state index in [0.717, 1.165) is 38.5 Å². The monoisotopic (exact) mass is 465 g/mol. The van der Waals surface area contributed by atoms with E-state index in [0.29, 0.717) is 33.5 Å². The first kappa shape index (κ1) is 23.5. The highest BCUT2D eigenvalue weighted by atomic mass is 19.3. The molecular formula is C25H25F2N5O2. The van der Waals surface area contributed by atoms with E-state index in [1.807, 2.05) is 6.07 Å². The molecule has 1 amide bonds. The fourth-order valence-corrected chi connectivity index (χ4v) is 4.55. The molecule has 7 nitrogen and oxygen atoms in total. The number of nitrogens with zero attached hydrogens (tertiary/aromatic N) is 4. The number of ketones is 1. The van der Waals surface area contributed by atoms with Crippen LogP contribution < -0.4 is 5.73 Å². The zero-order valence-electron chi connectivity index (χ0n) is 18.9. The van der Waals surface area contributed by atoms with Gasteiger partial charge in [-0.15, -0.1) is 0 Å². The van der Waals surface area contributed by atoms with Crippen molar-refractivity contribution in [1.82, 2.24) is 14.5 Å². The number of carbonyl (C=O) groups is 2. The topological polar surface area (TPSA) is 105 Å². The van der Waals surface area contributed by atoms with Crippen LogP contribution >= 0.6 is 0 Å². The minimum atomic E-state index is -3.50. The molecule has 176 valence electrons. The highest BCUT2D eigenvalue weighted by Gasteiger charge is 2.35. The largest absolute Gasteiger partial charge is 0.369 e. The lowest BCUT2D eigenvalue weighted by Gasteiger charge is -2.25. The van der Waals surface area contributed by atoms with Gasteiger partial charge in [0, 0.05) is 23.1 Å². The van der Waals surface area contributed by atoms with Gasteiger partial charge in [0.25, 0.3) is 5.92 Å². The normalized spacial score (nSPS) is 14.8. The number of piperidine rings is 1. The highest BCUT2D eigenvalue weighted by molar-refractivity contribution is 6.09. The van der Waals surface area contributed by atoms with Crippen LogP contribution in [0, 0.1) is 18.3 Å². The molecule has 0 atom stereocenters. The van der Waals surface area contributed by atoms with Crippen molar-refractivity contribution in [2.75, 3.05) is 19.6 Å². The number of primary amides is 1. The van der Waals surface area contributed by atoms with Crippen molar-refractivity contribution in [3.05, 3.63) is 58.9 Å². The number of aromatic nitrogens is 2. The van der Waals surface area contributed by atoms with Crippen LogP contribution in [0.25, 0.3) is 16.7 Å². The van der Waals surface area contributed by atoms with Gasteiger partial charge in [0.2, 0.25) is 5.91 Å². The number of hydrogen-bond acceptors (Lipinski definition) is 5. The Morgan fingerprint density at radius 3 is 2.47 bits per heavy atom. The number of fused-ring (bicyclic) bond motifs is 1. The van der Waals surface area contributed by atoms with Gasteiger partial charge in [-0.05, 0) is 63.2 Å². The van der Waals surface area contributed by atoms with E-state index >= 15 is 0 Å². The van der Waals surface area contributed by atoms with Gasteiger partial charge in [-0.1, -0.05) is 6.42 Å². The van der Waals surface area contributed by atoms with E-state index in [9.17, 15) is 18.4 Å². The van der Waals surface area contributed by atoms with E-state index in [4.69, 9.17) is 11.0 Å². The molecule has 4 rings (SSSR count). The van der Waals surface area contributed by atoms with Gasteiger partial charge < -0.3 is 10.3 Å².